The summed E-state index contributed by atoms with van der Waals surface area (Å²) in [5.41, 5.74) is 2.80. The maximum absolute atomic E-state index is 12.5. The van der Waals surface area contributed by atoms with Crippen LogP contribution in [0.2, 0.25) is 0 Å². The highest BCUT2D eigenvalue weighted by Gasteiger charge is 2.30. The fourth-order valence-corrected chi connectivity index (χ4v) is 3.05. The molecule has 0 saturated carbocycles. The number of benzene rings is 1. The van der Waals surface area contributed by atoms with E-state index < -0.39 is 0 Å². The molecule has 0 aliphatic carbocycles. The van der Waals surface area contributed by atoms with Crippen molar-refractivity contribution >= 4 is 5.91 Å². The average Bonchev–Trinajstić information content (AvgIpc) is 3.02. The molecule has 2 atom stereocenters. The van der Waals surface area contributed by atoms with Gasteiger partial charge in [-0.1, -0.05) is 0 Å². The van der Waals surface area contributed by atoms with Gasteiger partial charge in [-0.25, -0.2) is 0 Å². The van der Waals surface area contributed by atoms with Crippen molar-refractivity contribution in [2.24, 2.45) is 5.92 Å². The number of carbonyl (C=O) groups excluding carboxylic acids is 1. The number of amides is 1. The fourth-order valence-electron chi connectivity index (χ4n) is 3.05. The summed E-state index contributed by atoms with van der Waals surface area (Å²) in [7, 11) is 1.63. The van der Waals surface area contributed by atoms with Crippen molar-refractivity contribution in [2.45, 2.75) is 19.4 Å². The molecular formula is C19H22N2O3. The Morgan fingerprint density at radius 2 is 2.08 bits per heavy atom. The summed E-state index contributed by atoms with van der Waals surface area (Å²) in [6.45, 7) is 3.14. The summed E-state index contributed by atoms with van der Waals surface area (Å²) in [5, 5.41) is 3.11. The van der Waals surface area contributed by atoms with E-state index in [-0.39, 0.29) is 17.9 Å². The van der Waals surface area contributed by atoms with Gasteiger partial charge in [0, 0.05) is 23.9 Å². The first-order chi connectivity index (χ1) is 11.7. The number of ether oxygens (including phenoxy) is 2. The summed E-state index contributed by atoms with van der Waals surface area (Å²) >= 11 is 0. The fraction of sp³-hybridized carbons (Fsp3) is 0.368. The summed E-state index contributed by atoms with van der Waals surface area (Å²) in [4.78, 5) is 16.6. The molecule has 1 aliphatic rings. The molecule has 0 spiro atoms. The molecule has 1 amide bonds. The van der Waals surface area contributed by atoms with E-state index in [1.54, 1.807) is 25.6 Å². The van der Waals surface area contributed by atoms with Crippen molar-refractivity contribution in [3.05, 3.63) is 59.4 Å². The summed E-state index contributed by atoms with van der Waals surface area (Å²) in [5.74, 6) is 0.984. The molecule has 1 N–H and O–H groups in total. The lowest BCUT2D eigenvalue weighted by Gasteiger charge is -2.19. The van der Waals surface area contributed by atoms with E-state index in [2.05, 4.69) is 10.3 Å². The highest BCUT2D eigenvalue weighted by atomic mass is 16.5. The normalized spacial score (nSPS) is 19.9. The van der Waals surface area contributed by atoms with E-state index in [4.69, 9.17) is 9.47 Å². The van der Waals surface area contributed by atoms with Gasteiger partial charge in [0.2, 0.25) is 0 Å². The van der Waals surface area contributed by atoms with Gasteiger partial charge in [-0.2, -0.15) is 0 Å². The van der Waals surface area contributed by atoms with Crippen LogP contribution in [-0.2, 0) is 11.2 Å². The molecule has 0 unspecified atom stereocenters. The van der Waals surface area contributed by atoms with Crippen LogP contribution < -0.4 is 10.1 Å². The number of hydrogen-bond donors (Lipinski definition) is 1. The van der Waals surface area contributed by atoms with Crippen molar-refractivity contribution in [3.8, 4) is 5.75 Å². The van der Waals surface area contributed by atoms with Crippen molar-refractivity contribution in [1.29, 1.82) is 0 Å². The SMILES string of the molecule is COc1ccc(C(=O)N[C@H]2COC[C@H]2Cc2ccncc2)cc1C. The maximum Gasteiger partial charge on any atom is 0.251 e. The predicted octanol–water partition coefficient (Wildman–Crippen LogP) is 2.39. The minimum absolute atomic E-state index is 0.0214. The lowest BCUT2D eigenvalue weighted by atomic mass is 9.95. The molecule has 1 saturated heterocycles. The third-order valence-corrected chi connectivity index (χ3v) is 4.42. The first kappa shape index (κ1) is 16.5. The Hall–Kier alpha value is -2.40. The molecule has 24 heavy (non-hydrogen) atoms. The molecule has 126 valence electrons. The van der Waals surface area contributed by atoms with Crippen LogP contribution in [-0.4, -0.2) is 37.3 Å². The van der Waals surface area contributed by atoms with Gasteiger partial charge in [0.25, 0.3) is 5.91 Å². The average molecular weight is 326 g/mol. The van der Waals surface area contributed by atoms with Crippen LogP contribution in [0.1, 0.15) is 21.5 Å². The Morgan fingerprint density at radius 3 is 2.79 bits per heavy atom. The number of aromatic nitrogens is 1. The van der Waals surface area contributed by atoms with Gasteiger partial charge in [0.05, 0.1) is 26.4 Å². The highest BCUT2D eigenvalue weighted by Crippen LogP contribution is 2.21. The monoisotopic (exact) mass is 326 g/mol. The summed E-state index contributed by atoms with van der Waals surface area (Å²) in [6, 6.07) is 9.49. The molecule has 1 fully saturated rings. The second kappa shape index (κ2) is 7.45. The summed E-state index contributed by atoms with van der Waals surface area (Å²) < 4.78 is 10.8. The lowest BCUT2D eigenvalue weighted by molar-refractivity contribution is 0.0925. The predicted molar refractivity (Wildman–Crippen MR) is 91.2 cm³/mol. The van der Waals surface area contributed by atoms with Crippen molar-refractivity contribution in [2.75, 3.05) is 20.3 Å². The lowest BCUT2D eigenvalue weighted by Crippen LogP contribution is -2.40. The molecule has 2 heterocycles. The van der Waals surface area contributed by atoms with Gasteiger partial charge >= 0.3 is 0 Å². The van der Waals surface area contributed by atoms with Gasteiger partial charge in [-0.05, 0) is 54.8 Å². The van der Waals surface area contributed by atoms with E-state index >= 15 is 0 Å². The third kappa shape index (κ3) is 3.74. The molecule has 1 aromatic heterocycles. The Morgan fingerprint density at radius 1 is 1.29 bits per heavy atom. The second-order valence-corrected chi connectivity index (χ2v) is 6.12. The quantitative estimate of drug-likeness (QED) is 0.916. The Kier molecular flexibility index (Phi) is 5.11. The second-order valence-electron chi connectivity index (χ2n) is 6.12. The first-order valence-corrected chi connectivity index (χ1v) is 8.09. The van der Waals surface area contributed by atoms with Crippen LogP contribution in [0.5, 0.6) is 5.75 Å². The molecule has 1 aromatic carbocycles. The van der Waals surface area contributed by atoms with E-state index in [1.807, 2.05) is 31.2 Å². The number of methoxy groups -OCH3 is 1. The number of aryl methyl sites for hydroxylation is 1. The molecule has 5 nitrogen and oxygen atoms in total. The molecule has 1 aliphatic heterocycles. The number of hydrogen-bond acceptors (Lipinski definition) is 4. The van der Waals surface area contributed by atoms with E-state index in [0.29, 0.717) is 18.8 Å². The van der Waals surface area contributed by atoms with E-state index in [9.17, 15) is 4.79 Å². The number of nitrogens with zero attached hydrogens (tertiary/aromatic N) is 1. The zero-order chi connectivity index (χ0) is 16.9. The molecule has 0 bridgehead atoms. The number of pyridine rings is 1. The van der Waals surface area contributed by atoms with Gasteiger partial charge < -0.3 is 14.8 Å². The Bertz CT molecular complexity index is 703. The van der Waals surface area contributed by atoms with Crippen molar-refractivity contribution < 1.29 is 14.3 Å². The highest BCUT2D eigenvalue weighted by molar-refractivity contribution is 5.94. The van der Waals surface area contributed by atoms with Crippen molar-refractivity contribution in [1.82, 2.24) is 10.3 Å². The van der Waals surface area contributed by atoms with Gasteiger partial charge in [-0.15, -0.1) is 0 Å². The summed E-state index contributed by atoms with van der Waals surface area (Å²) in [6.07, 6.45) is 4.45. The molecule has 0 radical (unpaired) electrons. The van der Waals surface area contributed by atoms with Gasteiger partial charge in [0.15, 0.2) is 0 Å². The zero-order valence-electron chi connectivity index (χ0n) is 14.0. The first-order valence-electron chi connectivity index (χ1n) is 8.09. The number of nitrogens with one attached hydrogen (secondary N) is 1. The van der Waals surface area contributed by atoms with Crippen LogP contribution in [0.4, 0.5) is 0 Å². The third-order valence-electron chi connectivity index (χ3n) is 4.42. The van der Waals surface area contributed by atoms with Crippen LogP contribution in [0.3, 0.4) is 0 Å². The van der Waals surface area contributed by atoms with Gasteiger partial charge in [0.1, 0.15) is 5.75 Å². The maximum atomic E-state index is 12.5. The Labute approximate surface area is 142 Å². The largest absolute Gasteiger partial charge is 0.496 e. The number of rotatable bonds is 5. The van der Waals surface area contributed by atoms with Gasteiger partial charge in [-0.3, -0.25) is 9.78 Å². The standard InChI is InChI=1S/C19H22N2O3/c1-13-9-15(3-4-18(13)23-2)19(22)21-17-12-24-11-16(17)10-14-5-7-20-8-6-14/h3-9,16-17H,10-12H2,1-2H3,(H,21,22)/t16-,17+/m1/s1. The molecule has 5 heteroatoms. The van der Waals surface area contributed by atoms with Crippen molar-refractivity contribution in [3.63, 3.8) is 0 Å². The molecule has 3 rings (SSSR count). The van der Waals surface area contributed by atoms with E-state index in [1.165, 1.54) is 5.56 Å². The van der Waals surface area contributed by atoms with E-state index in [0.717, 1.165) is 17.7 Å². The Balaban J connectivity index is 1.65. The van der Waals surface area contributed by atoms with Crippen LogP contribution in [0.15, 0.2) is 42.7 Å². The molecule has 2 aromatic rings. The van der Waals surface area contributed by atoms with Crippen LogP contribution >= 0.6 is 0 Å². The molecular weight excluding hydrogens is 304 g/mol. The smallest absolute Gasteiger partial charge is 0.251 e. The zero-order valence-corrected chi connectivity index (χ0v) is 14.0. The number of carbonyl (C=O) groups is 1. The minimum atomic E-state index is -0.0732. The van der Waals surface area contributed by atoms with Crippen LogP contribution in [0.25, 0.3) is 0 Å². The minimum Gasteiger partial charge on any atom is -0.496 e. The van der Waals surface area contributed by atoms with Crippen LogP contribution in [0, 0.1) is 12.8 Å². The topological polar surface area (TPSA) is 60.5 Å².